The second kappa shape index (κ2) is 7.98. The fraction of sp³-hybridized carbons (Fsp3) is 0.300. The highest BCUT2D eigenvalue weighted by molar-refractivity contribution is 6.31. The Labute approximate surface area is 167 Å². The van der Waals surface area contributed by atoms with E-state index in [-0.39, 0.29) is 5.69 Å². The average Bonchev–Trinajstić information content (AvgIpc) is 2.72. The zero-order chi connectivity index (χ0) is 19.5. The van der Waals surface area contributed by atoms with Crippen molar-refractivity contribution in [1.82, 2.24) is 15.0 Å². The third-order valence-electron chi connectivity index (χ3n) is 4.90. The molecule has 8 heteroatoms. The van der Waals surface area contributed by atoms with Crippen LogP contribution >= 0.6 is 11.6 Å². The molecule has 1 aromatic carbocycles. The molecule has 3 aromatic rings. The lowest BCUT2D eigenvalue weighted by atomic mass is 9.98. The van der Waals surface area contributed by atoms with Crippen LogP contribution < -0.4 is 15.4 Å². The number of carbonyl (C=O) groups excluding carboxylic acids is 1. The van der Waals surface area contributed by atoms with E-state index in [0.717, 1.165) is 42.8 Å². The first-order valence-corrected chi connectivity index (χ1v) is 9.52. The number of nitrogens with zero attached hydrogens (tertiary/aromatic N) is 4. The van der Waals surface area contributed by atoms with Crippen LogP contribution in [0.4, 0.5) is 5.82 Å². The molecule has 0 aliphatic carbocycles. The average molecular weight is 398 g/mol. The number of ether oxygens (including phenoxy) is 1. The molecule has 144 valence electrons. The predicted octanol–water partition coefficient (Wildman–Crippen LogP) is 3.07. The highest BCUT2D eigenvalue weighted by Gasteiger charge is 2.21. The molecule has 1 aliphatic heterocycles. The maximum Gasteiger partial charge on any atom is 0.267 e. The molecule has 0 bridgehead atoms. The summed E-state index contributed by atoms with van der Waals surface area (Å²) in [7, 11) is 0. The summed E-state index contributed by atoms with van der Waals surface area (Å²) in [6.45, 7) is 2.38. The topological polar surface area (TPSA) is 94.2 Å². The first-order valence-electron chi connectivity index (χ1n) is 9.14. The van der Waals surface area contributed by atoms with Gasteiger partial charge in [0, 0.05) is 30.4 Å². The molecular weight excluding hydrogens is 378 g/mol. The van der Waals surface area contributed by atoms with Crippen LogP contribution in [0.1, 0.15) is 23.3 Å². The Bertz CT molecular complexity index is 1000. The number of halogens is 1. The van der Waals surface area contributed by atoms with E-state index in [4.69, 9.17) is 27.1 Å². The zero-order valence-electron chi connectivity index (χ0n) is 15.2. The van der Waals surface area contributed by atoms with Gasteiger partial charge in [0.25, 0.3) is 5.91 Å². The summed E-state index contributed by atoms with van der Waals surface area (Å²) >= 11 is 6.00. The molecule has 0 radical (unpaired) electrons. The molecule has 28 heavy (non-hydrogen) atoms. The summed E-state index contributed by atoms with van der Waals surface area (Å²) in [5, 5.41) is 0.660. The van der Waals surface area contributed by atoms with Gasteiger partial charge in [0.05, 0.1) is 23.8 Å². The van der Waals surface area contributed by atoms with Crippen LogP contribution in [0.25, 0.3) is 11.0 Å². The Kier molecular flexibility index (Phi) is 5.25. The molecule has 0 spiro atoms. The van der Waals surface area contributed by atoms with Crippen LogP contribution in [0, 0.1) is 5.92 Å². The van der Waals surface area contributed by atoms with E-state index in [1.165, 1.54) is 6.20 Å². The second-order valence-corrected chi connectivity index (χ2v) is 7.28. The van der Waals surface area contributed by atoms with Crippen molar-refractivity contribution in [2.75, 3.05) is 24.6 Å². The molecule has 1 aliphatic rings. The predicted molar refractivity (Wildman–Crippen MR) is 108 cm³/mol. The van der Waals surface area contributed by atoms with Crippen LogP contribution in [-0.2, 0) is 0 Å². The van der Waals surface area contributed by atoms with Gasteiger partial charge in [-0.1, -0.05) is 11.6 Å². The van der Waals surface area contributed by atoms with Crippen molar-refractivity contribution in [1.29, 1.82) is 0 Å². The molecular formula is C20H20ClN5O2. The molecule has 0 atom stereocenters. The van der Waals surface area contributed by atoms with Gasteiger partial charge < -0.3 is 15.4 Å². The number of anilines is 1. The van der Waals surface area contributed by atoms with Crippen LogP contribution in [-0.4, -0.2) is 40.6 Å². The minimum absolute atomic E-state index is 0.212. The number of nitrogens with two attached hydrogens (primary N) is 1. The van der Waals surface area contributed by atoms with Crippen molar-refractivity contribution >= 4 is 34.4 Å². The van der Waals surface area contributed by atoms with Crippen LogP contribution in [0.2, 0.25) is 5.02 Å². The smallest absolute Gasteiger partial charge is 0.267 e. The number of carbonyl (C=O) groups is 1. The molecule has 1 amide bonds. The molecule has 1 saturated heterocycles. The molecule has 1 fully saturated rings. The number of fused-ring (bicyclic) bond motifs is 1. The molecule has 4 rings (SSSR count). The van der Waals surface area contributed by atoms with Gasteiger partial charge in [-0.05, 0) is 43.0 Å². The molecule has 2 N–H and O–H groups in total. The standard InChI is InChI=1S/C20H20ClN5O2/c21-14-1-2-16-17(9-14)24-11-19(25-16)26-7-4-13(5-8-26)12-28-15-3-6-23-18(10-15)20(22)27/h1-3,6,9-11,13H,4-5,7-8,12H2,(H2,22,27). The number of primary amides is 1. The van der Waals surface area contributed by atoms with Crippen LogP contribution in [0.5, 0.6) is 5.75 Å². The fourth-order valence-corrected chi connectivity index (χ4v) is 3.47. The zero-order valence-corrected chi connectivity index (χ0v) is 16.0. The van der Waals surface area contributed by atoms with Gasteiger partial charge in [0.1, 0.15) is 17.3 Å². The van der Waals surface area contributed by atoms with Gasteiger partial charge in [-0.25, -0.2) is 4.98 Å². The summed E-state index contributed by atoms with van der Waals surface area (Å²) in [5.41, 5.74) is 7.11. The van der Waals surface area contributed by atoms with Gasteiger partial charge in [-0.15, -0.1) is 0 Å². The van der Waals surface area contributed by atoms with Crippen molar-refractivity contribution in [2.45, 2.75) is 12.8 Å². The Morgan fingerprint density at radius 1 is 1.18 bits per heavy atom. The lowest BCUT2D eigenvalue weighted by Gasteiger charge is -2.32. The monoisotopic (exact) mass is 397 g/mol. The molecule has 7 nitrogen and oxygen atoms in total. The number of aromatic nitrogens is 3. The third-order valence-corrected chi connectivity index (χ3v) is 5.13. The van der Waals surface area contributed by atoms with Crippen LogP contribution in [0.3, 0.4) is 0 Å². The second-order valence-electron chi connectivity index (χ2n) is 6.84. The van der Waals surface area contributed by atoms with Gasteiger partial charge >= 0.3 is 0 Å². The number of hydrogen-bond donors (Lipinski definition) is 1. The van der Waals surface area contributed by atoms with Crippen molar-refractivity contribution in [3.8, 4) is 5.75 Å². The molecule has 2 aromatic heterocycles. The third kappa shape index (κ3) is 4.14. The number of pyridine rings is 1. The minimum Gasteiger partial charge on any atom is -0.493 e. The largest absolute Gasteiger partial charge is 0.493 e. The molecule has 0 unspecified atom stereocenters. The highest BCUT2D eigenvalue weighted by atomic mass is 35.5. The highest BCUT2D eigenvalue weighted by Crippen LogP contribution is 2.25. The SMILES string of the molecule is NC(=O)c1cc(OCC2CCN(c3cnc4cc(Cl)ccc4n3)CC2)ccn1. The number of piperidine rings is 1. The van der Waals surface area contributed by atoms with Crippen molar-refractivity contribution in [3.63, 3.8) is 0 Å². The minimum atomic E-state index is -0.558. The molecule has 3 heterocycles. The summed E-state index contributed by atoms with van der Waals surface area (Å²) < 4.78 is 5.84. The first-order chi connectivity index (χ1) is 13.6. The van der Waals surface area contributed by atoms with Gasteiger partial charge in [-0.3, -0.25) is 14.8 Å². The van der Waals surface area contributed by atoms with E-state index in [1.807, 2.05) is 18.2 Å². The number of hydrogen-bond acceptors (Lipinski definition) is 6. The Morgan fingerprint density at radius 3 is 2.79 bits per heavy atom. The summed E-state index contributed by atoms with van der Waals surface area (Å²) in [6.07, 6.45) is 5.32. The van der Waals surface area contributed by atoms with Crippen molar-refractivity contribution < 1.29 is 9.53 Å². The van der Waals surface area contributed by atoms with E-state index < -0.39 is 5.91 Å². The van der Waals surface area contributed by atoms with E-state index in [9.17, 15) is 4.79 Å². The van der Waals surface area contributed by atoms with Gasteiger partial charge in [0.15, 0.2) is 0 Å². The number of amides is 1. The summed E-state index contributed by atoms with van der Waals surface area (Å²) in [6, 6.07) is 8.85. The van der Waals surface area contributed by atoms with E-state index in [1.54, 1.807) is 18.3 Å². The number of rotatable bonds is 5. The Hall–Kier alpha value is -2.93. The Balaban J connectivity index is 1.34. The fourth-order valence-electron chi connectivity index (χ4n) is 3.30. The van der Waals surface area contributed by atoms with Crippen LogP contribution in [0.15, 0.2) is 42.7 Å². The maximum absolute atomic E-state index is 11.2. The van der Waals surface area contributed by atoms with E-state index >= 15 is 0 Å². The summed E-state index contributed by atoms with van der Waals surface area (Å²) in [4.78, 5) is 26.6. The van der Waals surface area contributed by atoms with Crippen molar-refractivity contribution in [3.05, 3.63) is 53.4 Å². The van der Waals surface area contributed by atoms with Gasteiger partial charge in [-0.2, -0.15) is 0 Å². The quantitative estimate of drug-likeness (QED) is 0.711. The number of benzene rings is 1. The van der Waals surface area contributed by atoms with Crippen molar-refractivity contribution in [2.24, 2.45) is 11.7 Å². The van der Waals surface area contributed by atoms with E-state index in [2.05, 4.69) is 14.9 Å². The maximum atomic E-state index is 11.2. The van der Waals surface area contributed by atoms with E-state index in [0.29, 0.717) is 23.3 Å². The first kappa shape index (κ1) is 18.4. The lowest BCUT2D eigenvalue weighted by Crippen LogP contribution is -2.36. The Morgan fingerprint density at radius 2 is 2.00 bits per heavy atom. The van der Waals surface area contributed by atoms with Gasteiger partial charge in [0.2, 0.25) is 0 Å². The summed E-state index contributed by atoms with van der Waals surface area (Å²) in [5.74, 6) is 1.38. The molecule has 0 saturated carbocycles. The normalized spacial score (nSPS) is 15.0. The lowest BCUT2D eigenvalue weighted by molar-refractivity contribution is 0.0995.